The largest absolute Gasteiger partial charge is 0.471 e. The van der Waals surface area contributed by atoms with E-state index in [-0.39, 0.29) is 12.6 Å². The third kappa shape index (κ3) is 3.70. The van der Waals surface area contributed by atoms with Gasteiger partial charge in [0, 0.05) is 38.6 Å². The minimum Gasteiger partial charge on any atom is -0.471 e. The predicted octanol–water partition coefficient (Wildman–Crippen LogP) is 0.130. The molecule has 2 saturated heterocycles. The van der Waals surface area contributed by atoms with Crippen LogP contribution >= 0.6 is 0 Å². The van der Waals surface area contributed by atoms with Gasteiger partial charge in [-0.3, -0.25) is 19.5 Å². The third-order valence-corrected chi connectivity index (χ3v) is 4.40. The summed E-state index contributed by atoms with van der Waals surface area (Å²) in [6.07, 6.45) is 5.95. The van der Waals surface area contributed by atoms with Crippen LogP contribution in [0.4, 0.5) is 4.79 Å². The Labute approximate surface area is 145 Å². The molecule has 9 heteroatoms. The molecular weight excluding hydrogens is 326 g/mol. The molecule has 0 radical (unpaired) electrons. The van der Waals surface area contributed by atoms with Gasteiger partial charge in [0.15, 0.2) is 0 Å². The first-order chi connectivity index (χ1) is 12.1. The van der Waals surface area contributed by atoms with Crippen molar-refractivity contribution in [2.45, 2.75) is 25.9 Å². The molecule has 3 rings (SSSR count). The monoisotopic (exact) mass is 347 g/mol. The highest BCUT2D eigenvalue weighted by atomic mass is 16.5. The molecule has 2 aliphatic heterocycles. The number of likely N-dealkylation sites (N-methyl/N-ethyl adjacent to an activating group) is 1. The summed E-state index contributed by atoms with van der Waals surface area (Å²) in [5.74, 6) is -0.967. The molecule has 9 nitrogen and oxygen atoms in total. The first kappa shape index (κ1) is 17.1. The van der Waals surface area contributed by atoms with Crippen LogP contribution < -0.4 is 4.74 Å². The van der Waals surface area contributed by atoms with Gasteiger partial charge >= 0.3 is 17.8 Å². The maximum Gasteiger partial charge on any atom is 0.327 e. The van der Waals surface area contributed by atoms with Crippen molar-refractivity contribution < 1.29 is 19.1 Å². The summed E-state index contributed by atoms with van der Waals surface area (Å²) in [6, 6.07) is -0.429. The predicted molar refractivity (Wildman–Crippen MR) is 86.6 cm³/mol. The molecule has 4 amide bonds. The number of piperazine rings is 1. The molecule has 2 aliphatic rings. The smallest absolute Gasteiger partial charge is 0.327 e. The quantitative estimate of drug-likeness (QED) is 0.721. The van der Waals surface area contributed by atoms with Crippen LogP contribution in [0, 0.1) is 0 Å². The van der Waals surface area contributed by atoms with Gasteiger partial charge < -0.3 is 14.5 Å². The van der Waals surface area contributed by atoms with E-state index in [1.165, 1.54) is 11.1 Å². The van der Waals surface area contributed by atoms with Crippen molar-refractivity contribution in [3.05, 3.63) is 18.6 Å². The fourth-order valence-corrected chi connectivity index (χ4v) is 3.05. The molecule has 134 valence electrons. The van der Waals surface area contributed by atoms with E-state index in [4.69, 9.17) is 4.74 Å². The number of rotatable bonds is 3. The Morgan fingerprint density at radius 3 is 2.80 bits per heavy atom. The van der Waals surface area contributed by atoms with E-state index in [9.17, 15) is 14.4 Å². The number of aromatic nitrogens is 2. The van der Waals surface area contributed by atoms with Gasteiger partial charge in [-0.05, 0) is 19.8 Å². The molecule has 1 aromatic heterocycles. The molecular formula is C16H21N5O4. The maximum atomic E-state index is 12.7. The minimum absolute atomic E-state index is 0.211. The minimum atomic E-state index is -0.755. The van der Waals surface area contributed by atoms with Crippen molar-refractivity contribution in [2.24, 2.45) is 0 Å². The highest BCUT2D eigenvalue weighted by Crippen LogP contribution is 2.18. The lowest BCUT2D eigenvalue weighted by molar-refractivity contribution is -0.154. The van der Waals surface area contributed by atoms with Crippen LogP contribution in [0.5, 0.6) is 5.88 Å². The number of ether oxygens (including phenoxy) is 1. The molecule has 1 atom stereocenters. The molecule has 1 aromatic rings. The molecule has 0 aromatic carbocycles. The van der Waals surface area contributed by atoms with Crippen molar-refractivity contribution >= 4 is 17.8 Å². The Morgan fingerprint density at radius 1 is 1.24 bits per heavy atom. The van der Waals surface area contributed by atoms with Gasteiger partial charge in [0.25, 0.3) is 0 Å². The van der Waals surface area contributed by atoms with Crippen molar-refractivity contribution in [1.82, 2.24) is 24.7 Å². The van der Waals surface area contributed by atoms with Crippen LogP contribution in [0.1, 0.15) is 19.8 Å². The highest BCUT2D eigenvalue weighted by molar-refractivity contribution is 6.38. The van der Waals surface area contributed by atoms with E-state index >= 15 is 0 Å². The van der Waals surface area contributed by atoms with Gasteiger partial charge in [0.05, 0.1) is 12.7 Å². The molecule has 25 heavy (non-hydrogen) atoms. The Bertz CT molecular complexity index is 653. The zero-order valence-corrected chi connectivity index (χ0v) is 14.1. The van der Waals surface area contributed by atoms with Crippen LogP contribution in [0.15, 0.2) is 18.6 Å². The maximum absolute atomic E-state index is 12.7. The molecule has 0 bridgehead atoms. The zero-order chi connectivity index (χ0) is 17.8. The second-order valence-electron chi connectivity index (χ2n) is 6.00. The second kappa shape index (κ2) is 7.45. The molecule has 2 fully saturated rings. The number of carbonyl (C=O) groups excluding carboxylic acids is 3. The lowest BCUT2D eigenvalue weighted by Gasteiger charge is -2.38. The molecule has 0 N–H and O–H groups in total. The molecule has 0 saturated carbocycles. The first-order valence-electron chi connectivity index (χ1n) is 8.42. The Balaban J connectivity index is 1.62. The first-order valence-corrected chi connectivity index (χ1v) is 8.42. The normalized spacial score (nSPS) is 21.5. The summed E-state index contributed by atoms with van der Waals surface area (Å²) in [5, 5.41) is 0. The average molecular weight is 347 g/mol. The van der Waals surface area contributed by atoms with Gasteiger partial charge in [-0.2, -0.15) is 0 Å². The molecule has 3 heterocycles. The van der Waals surface area contributed by atoms with Crippen LogP contribution in [-0.4, -0.2) is 81.3 Å². The number of likely N-dealkylation sites (tertiary alicyclic amines) is 1. The zero-order valence-electron chi connectivity index (χ0n) is 14.1. The van der Waals surface area contributed by atoms with Crippen LogP contribution in [0.2, 0.25) is 0 Å². The van der Waals surface area contributed by atoms with E-state index in [2.05, 4.69) is 9.97 Å². The van der Waals surface area contributed by atoms with Crippen molar-refractivity contribution in [2.75, 3.05) is 32.7 Å². The summed E-state index contributed by atoms with van der Waals surface area (Å²) < 4.78 is 5.76. The van der Waals surface area contributed by atoms with Gasteiger partial charge in [0.1, 0.15) is 6.10 Å². The van der Waals surface area contributed by atoms with E-state index in [1.807, 2.05) is 6.92 Å². The summed E-state index contributed by atoms with van der Waals surface area (Å²) in [6.45, 7) is 3.76. The summed E-state index contributed by atoms with van der Waals surface area (Å²) in [4.78, 5) is 48.9. The van der Waals surface area contributed by atoms with Crippen LogP contribution in [0.3, 0.4) is 0 Å². The highest BCUT2D eigenvalue weighted by Gasteiger charge is 2.38. The number of carbonyl (C=O) groups is 3. The SMILES string of the molecule is CCN1CCN(C(=O)N2CCCC(Oc3cnccn3)C2)C(=O)C1=O. The fourth-order valence-electron chi connectivity index (χ4n) is 3.05. The topological polar surface area (TPSA) is 95.9 Å². The number of piperidine rings is 1. The second-order valence-corrected chi connectivity index (χ2v) is 6.00. The molecule has 0 spiro atoms. The fraction of sp³-hybridized carbons (Fsp3) is 0.562. The number of hydrogen-bond acceptors (Lipinski definition) is 6. The van der Waals surface area contributed by atoms with Crippen LogP contribution in [0.25, 0.3) is 0 Å². The summed E-state index contributed by atoms with van der Waals surface area (Å²) in [5.41, 5.74) is 0. The van der Waals surface area contributed by atoms with Crippen molar-refractivity contribution in [1.29, 1.82) is 0 Å². The lowest BCUT2D eigenvalue weighted by Crippen LogP contribution is -2.60. The Morgan fingerprint density at radius 2 is 2.08 bits per heavy atom. The number of urea groups is 1. The van der Waals surface area contributed by atoms with E-state index < -0.39 is 17.8 Å². The number of nitrogens with zero attached hydrogens (tertiary/aromatic N) is 5. The molecule has 1 unspecified atom stereocenters. The number of amides is 4. The number of imide groups is 1. The lowest BCUT2D eigenvalue weighted by atomic mass is 10.1. The van der Waals surface area contributed by atoms with Gasteiger partial charge in [0.2, 0.25) is 5.88 Å². The molecule has 0 aliphatic carbocycles. The van der Waals surface area contributed by atoms with Gasteiger partial charge in [-0.25, -0.2) is 9.78 Å². The standard InChI is InChI=1S/C16H21N5O4/c1-2-19-8-9-21(15(23)14(19)22)16(24)20-7-3-4-12(11-20)25-13-10-17-5-6-18-13/h5-6,10,12H,2-4,7-9,11H2,1H3. The van der Waals surface area contributed by atoms with E-state index in [0.717, 1.165) is 17.7 Å². The summed E-state index contributed by atoms with van der Waals surface area (Å²) >= 11 is 0. The van der Waals surface area contributed by atoms with Gasteiger partial charge in [-0.15, -0.1) is 0 Å². The van der Waals surface area contributed by atoms with E-state index in [1.54, 1.807) is 17.3 Å². The average Bonchev–Trinajstić information content (AvgIpc) is 2.64. The van der Waals surface area contributed by atoms with Gasteiger partial charge in [-0.1, -0.05) is 0 Å². The third-order valence-electron chi connectivity index (χ3n) is 4.40. The van der Waals surface area contributed by atoms with Crippen molar-refractivity contribution in [3.63, 3.8) is 0 Å². The van der Waals surface area contributed by atoms with E-state index in [0.29, 0.717) is 32.1 Å². The van der Waals surface area contributed by atoms with Crippen molar-refractivity contribution in [3.8, 4) is 5.88 Å². The summed E-state index contributed by atoms with van der Waals surface area (Å²) in [7, 11) is 0. The Hall–Kier alpha value is -2.71. The number of hydrogen-bond donors (Lipinski definition) is 0. The van der Waals surface area contributed by atoms with Crippen LogP contribution in [-0.2, 0) is 9.59 Å². The Kier molecular flexibility index (Phi) is 5.11.